The predicted octanol–water partition coefficient (Wildman–Crippen LogP) is 4.59. The van der Waals surface area contributed by atoms with E-state index in [1.807, 2.05) is 6.07 Å². The molecule has 2 aromatic rings. The molecule has 5 rings (SSSR count). The topological polar surface area (TPSA) is 50.2 Å². The molecule has 1 N–H and O–H groups in total. The van der Waals surface area contributed by atoms with Gasteiger partial charge in [0, 0.05) is 23.9 Å². The summed E-state index contributed by atoms with van der Waals surface area (Å²) in [5.41, 5.74) is 3.70. The Kier molecular flexibility index (Phi) is 3.85. The third kappa shape index (κ3) is 2.94. The smallest absolute Gasteiger partial charge is 0.223 e. The van der Waals surface area contributed by atoms with Crippen LogP contribution < -0.4 is 5.32 Å². The molecule has 0 amide bonds. The van der Waals surface area contributed by atoms with Crippen LogP contribution in [0.2, 0.25) is 0 Å². The molecule has 0 bridgehead atoms. The van der Waals surface area contributed by atoms with Gasteiger partial charge in [-0.15, -0.1) is 0 Å². The van der Waals surface area contributed by atoms with E-state index in [2.05, 4.69) is 21.8 Å². The highest BCUT2D eigenvalue weighted by Crippen LogP contribution is 2.45. The fourth-order valence-electron chi connectivity index (χ4n) is 3.24. The Hall–Kier alpha value is -2.47. The van der Waals surface area contributed by atoms with Crippen LogP contribution in [0.4, 0.5) is 10.3 Å². The zero-order chi connectivity index (χ0) is 17.5. The Morgan fingerprint density at radius 1 is 1.15 bits per heavy atom. The van der Waals surface area contributed by atoms with E-state index >= 15 is 0 Å². The van der Waals surface area contributed by atoms with Crippen LogP contribution >= 0.6 is 11.8 Å². The van der Waals surface area contributed by atoms with Crippen LogP contribution in [0, 0.1) is 17.7 Å². The van der Waals surface area contributed by atoms with Crippen molar-refractivity contribution in [3.63, 3.8) is 0 Å². The van der Waals surface area contributed by atoms with Gasteiger partial charge in [-0.3, -0.25) is 0 Å². The number of nitrogens with zero attached hydrogens (tertiary/aromatic N) is 3. The first-order chi connectivity index (χ1) is 12.8. The fourth-order valence-corrected chi connectivity index (χ4v) is 4.10. The first kappa shape index (κ1) is 15.8. The lowest BCUT2D eigenvalue weighted by molar-refractivity contribution is 0.627. The third-order valence-corrected chi connectivity index (χ3v) is 5.69. The van der Waals surface area contributed by atoms with Gasteiger partial charge in [0.2, 0.25) is 5.95 Å². The Morgan fingerprint density at radius 3 is 2.81 bits per heavy atom. The standard InChI is InChI=1S/C20H17FN4S/c21-14-5-3-13(4-6-14)18-17(15-8-10-26-19(15)25-18)16-7-9-22-20(24-16)23-11-12-1-2-12/h3-10,12,15H,1-2,11H2,(H,22,23,24). The largest absolute Gasteiger partial charge is 0.354 e. The van der Waals surface area contributed by atoms with Gasteiger partial charge in [0.1, 0.15) is 5.82 Å². The minimum absolute atomic E-state index is 0.117. The summed E-state index contributed by atoms with van der Waals surface area (Å²) >= 11 is 1.63. The molecule has 6 heteroatoms. The normalized spacial score (nSPS) is 21.1. The summed E-state index contributed by atoms with van der Waals surface area (Å²) in [6.45, 7) is 0.925. The summed E-state index contributed by atoms with van der Waals surface area (Å²) in [6, 6.07) is 8.42. The Morgan fingerprint density at radius 2 is 2.00 bits per heavy atom. The molecule has 1 fully saturated rings. The van der Waals surface area contributed by atoms with E-state index in [9.17, 15) is 4.39 Å². The number of halogens is 1. The maximum atomic E-state index is 13.3. The van der Waals surface area contributed by atoms with E-state index < -0.39 is 0 Å². The minimum atomic E-state index is -0.246. The molecular weight excluding hydrogens is 347 g/mol. The highest BCUT2D eigenvalue weighted by atomic mass is 32.2. The molecule has 1 aliphatic carbocycles. The second kappa shape index (κ2) is 6.36. The van der Waals surface area contributed by atoms with Crippen LogP contribution in [0.25, 0.3) is 11.3 Å². The molecule has 0 radical (unpaired) electrons. The van der Waals surface area contributed by atoms with Crippen LogP contribution in [-0.4, -0.2) is 21.6 Å². The molecule has 0 saturated heterocycles. The molecule has 3 heterocycles. The van der Waals surface area contributed by atoms with Crippen molar-refractivity contribution in [1.82, 2.24) is 9.97 Å². The number of fused-ring (bicyclic) bond motifs is 1. The first-order valence-electron chi connectivity index (χ1n) is 8.77. The molecule has 4 nitrogen and oxygen atoms in total. The summed E-state index contributed by atoms with van der Waals surface area (Å²) < 4.78 is 13.3. The van der Waals surface area contributed by atoms with Gasteiger partial charge in [0.15, 0.2) is 0 Å². The summed E-state index contributed by atoms with van der Waals surface area (Å²) in [5.74, 6) is 1.28. The molecule has 1 saturated carbocycles. The quantitative estimate of drug-likeness (QED) is 0.843. The van der Waals surface area contributed by atoms with Crippen molar-refractivity contribution >= 4 is 34.0 Å². The van der Waals surface area contributed by atoms with Crippen molar-refractivity contribution in [1.29, 1.82) is 0 Å². The van der Waals surface area contributed by atoms with Crippen molar-refractivity contribution in [3.8, 4) is 0 Å². The lowest BCUT2D eigenvalue weighted by Crippen LogP contribution is -2.09. The van der Waals surface area contributed by atoms with Crippen LogP contribution in [0.1, 0.15) is 24.1 Å². The first-order valence-corrected chi connectivity index (χ1v) is 9.65. The number of hydrogen-bond donors (Lipinski definition) is 1. The van der Waals surface area contributed by atoms with Crippen molar-refractivity contribution in [2.45, 2.75) is 12.8 Å². The number of aromatic nitrogens is 2. The molecule has 0 spiro atoms. The Balaban J connectivity index is 1.55. The molecule has 2 aliphatic heterocycles. The highest BCUT2D eigenvalue weighted by molar-refractivity contribution is 8.16. The van der Waals surface area contributed by atoms with Crippen LogP contribution in [-0.2, 0) is 0 Å². The van der Waals surface area contributed by atoms with E-state index in [1.165, 1.54) is 25.0 Å². The molecule has 1 aromatic carbocycles. The minimum Gasteiger partial charge on any atom is -0.354 e. The van der Waals surface area contributed by atoms with Gasteiger partial charge >= 0.3 is 0 Å². The van der Waals surface area contributed by atoms with Gasteiger partial charge in [-0.1, -0.05) is 17.8 Å². The zero-order valence-corrected chi connectivity index (χ0v) is 14.8. The Labute approximate surface area is 155 Å². The average Bonchev–Trinajstić information content (AvgIpc) is 3.26. The van der Waals surface area contributed by atoms with Crippen LogP contribution in [0.3, 0.4) is 0 Å². The second-order valence-electron chi connectivity index (χ2n) is 6.73. The zero-order valence-electron chi connectivity index (χ0n) is 14.0. The van der Waals surface area contributed by atoms with E-state index in [0.717, 1.165) is 40.0 Å². The average molecular weight is 364 g/mol. The van der Waals surface area contributed by atoms with Gasteiger partial charge < -0.3 is 5.32 Å². The van der Waals surface area contributed by atoms with Crippen molar-refractivity contribution in [3.05, 3.63) is 65.1 Å². The van der Waals surface area contributed by atoms with Crippen molar-refractivity contribution < 1.29 is 4.39 Å². The van der Waals surface area contributed by atoms with Crippen LogP contribution in [0.5, 0.6) is 0 Å². The van der Waals surface area contributed by atoms with E-state index in [4.69, 9.17) is 9.98 Å². The summed E-state index contributed by atoms with van der Waals surface area (Å²) in [6.07, 6.45) is 6.51. The van der Waals surface area contributed by atoms with Gasteiger partial charge in [0.05, 0.1) is 22.4 Å². The lowest BCUT2D eigenvalue weighted by Gasteiger charge is -2.12. The monoisotopic (exact) mass is 364 g/mol. The summed E-state index contributed by atoms with van der Waals surface area (Å²) in [5, 5.41) is 6.45. The number of benzene rings is 1. The van der Waals surface area contributed by atoms with Crippen LogP contribution in [0.15, 0.2) is 53.0 Å². The fraction of sp³-hybridized carbons (Fsp3) is 0.250. The van der Waals surface area contributed by atoms with Crippen molar-refractivity contribution in [2.24, 2.45) is 16.8 Å². The molecule has 130 valence electrons. The molecule has 26 heavy (non-hydrogen) atoms. The van der Waals surface area contributed by atoms with Gasteiger partial charge in [-0.25, -0.2) is 19.4 Å². The summed E-state index contributed by atoms with van der Waals surface area (Å²) in [7, 11) is 0. The highest BCUT2D eigenvalue weighted by Gasteiger charge is 2.33. The second-order valence-corrected chi connectivity index (χ2v) is 7.66. The SMILES string of the molecule is Fc1ccc(C2=C(c3ccnc(NCC4CC4)n3)C3C=CSC3=N2)cc1. The van der Waals surface area contributed by atoms with Gasteiger partial charge in [-0.2, -0.15) is 0 Å². The van der Waals surface area contributed by atoms with E-state index in [-0.39, 0.29) is 11.7 Å². The predicted molar refractivity (Wildman–Crippen MR) is 104 cm³/mol. The van der Waals surface area contributed by atoms with Gasteiger partial charge in [0.25, 0.3) is 0 Å². The van der Waals surface area contributed by atoms with E-state index in [0.29, 0.717) is 5.95 Å². The molecule has 1 unspecified atom stereocenters. The molecule has 3 aliphatic rings. The molecule has 1 aromatic heterocycles. The lowest BCUT2D eigenvalue weighted by atomic mass is 9.95. The number of allylic oxidation sites excluding steroid dienone is 2. The maximum Gasteiger partial charge on any atom is 0.223 e. The Bertz CT molecular complexity index is 945. The van der Waals surface area contributed by atoms with Gasteiger partial charge in [-0.05, 0) is 54.5 Å². The number of aliphatic imine (C=N–C) groups is 1. The molecular formula is C20H17FN4S. The summed E-state index contributed by atoms with van der Waals surface area (Å²) in [4.78, 5) is 13.9. The number of thioether (sulfide) groups is 1. The number of hydrogen-bond acceptors (Lipinski definition) is 5. The van der Waals surface area contributed by atoms with E-state index in [1.54, 1.807) is 30.1 Å². The van der Waals surface area contributed by atoms with Crippen molar-refractivity contribution in [2.75, 3.05) is 11.9 Å². The number of anilines is 1. The maximum absolute atomic E-state index is 13.3. The number of rotatable bonds is 5. The molecule has 1 atom stereocenters. The number of nitrogens with one attached hydrogen (secondary N) is 1. The third-order valence-electron chi connectivity index (χ3n) is 4.81.